The highest BCUT2D eigenvalue weighted by molar-refractivity contribution is 5.65. The second kappa shape index (κ2) is 6.33. The molecule has 0 aliphatic rings. The number of aromatic nitrogens is 2. The molecule has 0 amide bonds. The van der Waals surface area contributed by atoms with Gasteiger partial charge in [-0.2, -0.15) is 0 Å². The zero-order chi connectivity index (χ0) is 13.7. The summed E-state index contributed by atoms with van der Waals surface area (Å²) in [6.45, 7) is 8.35. The third kappa shape index (κ3) is 3.18. The summed E-state index contributed by atoms with van der Waals surface area (Å²) in [7, 11) is 0. The van der Waals surface area contributed by atoms with E-state index in [4.69, 9.17) is 0 Å². The normalized spacial score (nSPS) is 13.1. The van der Waals surface area contributed by atoms with Crippen LogP contribution in [-0.4, -0.2) is 15.8 Å². The second-order valence-electron chi connectivity index (χ2n) is 4.52. The Hall–Kier alpha value is -1.65. The van der Waals surface area contributed by atoms with Gasteiger partial charge in [0.05, 0.1) is 5.56 Å². The summed E-state index contributed by atoms with van der Waals surface area (Å²) in [6.07, 6.45) is 3.59. The SMILES string of the molecule is CCCn1c(N=C[C@@H](C)CC)c(C)c(=O)[nH]c1=O. The molecule has 0 unspecified atom stereocenters. The van der Waals surface area contributed by atoms with E-state index >= 15 is 0 Å². The second-order valence-corrected chi connectivity index (χ2v) is 4.52. The molecule has 100 valence electrons. The Bertz CT molecular complexity index is 540. The Kier molecular flexibility index (Phi) is 5.07. The van der Waals surface area contributed by atoms with Crippen molar-refractivity contribution in [2.24, 2.45) is 10.9 Å². The Labute approximate surface area is 107 Å². The predicted octanol–water partition coefficient (Wildman–Crippen LogP) is 2.00. The van der Waals surface area contributed by atoms with Crippen LogP contribution in [0.1, 0.15) is 39.2 Å². The summed E-state index contributed by atoms with van der Waals surface area (Å²) in [6, 6.07) is 0. The quantitative estimate of drug-likeness (QED) is 0.813. The van der Waals surface area contributed by atoms with Gasteiger partial charge in [0.2, 0.25) is 0 Å². The lowest BCUT2D eigenvalue weighted by Crippen LogP contribution is -2.31. The highest BCUT2D eigenvalue weighted by atomic mass is 16.2. The molecule has 0 aliphatic carbocycles. The van der Waals surface area contributed by atoms with Gasteiger partial charge in [-0.15, -0.1) is 0 Å². The molecule has 1 aromatic rings. The smallest absolute Gasteiger partial charge is 0.278 e. The molecule has 0 fully saturated rings. The van der Waals surface area contributed by atoms with Crippen LogP contribution in [0.3, 0.4) is 0 Å². The maximum absolute atomic E-state index is 11.8. The number of nitrogens with zero attached hydrogens (tertiary/aromatic N) is 2. The molecule has 1 rings (SSSR count). The zero-order valence-electron chi connectivity index (χ0n) is 11.5. The molecule has 1 N–H and O–H groups in total. The number of hydrogen-bond donors (Lipinski definition) is 1. The molecular formula is C13H21N3O2. The highest BCUT2D eigenvalue weighted by Crippen LogP contribution is 2.13. The molecule has 0 aliphatic heterocycles. The van der Waals surface area contributed by atoms with E-state index in [1.807, 2.05) is 13.8 Å². The minimum Gasteiger partial charge on any atom is -0.278 e. The monoisotopic (exact) mass is 251 g/mol. The van der Waals surface area contributed by atoms with Gasteiger partial charge >= 0.3 is 5.69 Å². The molecule has 0 aromatic carbocycles. The lowest BCUT2D eigenvalue weighted by atomic mass is 10.1. The van der Waals surface area contributed by atoms with Crippen molar-refractivity contribution in [3.05, 3.63) is 26.4 Å². The third-order valence-corrected chi connectivity index (χ3v) is 2.94. The number of hydrogen-bond acceptors (Lipinski definition) is 3. The van der Waals surface area contributed by atoms with Crippen LogP contribution in [0, 0.1) is 12.8 Å². The first kappa shape index (κ1) is 14.4. The van der Waals surface area contributed by atoms with E-state index in [0.29, 0.717) is 23.8 Å². The minimum atomic E-state index is -0.385. The van der Waals surface area contributed by atoms with E-state index in [1.54, 1.807) is 13.1 Å². The highest BCUT2D eigenvalue weighted by Gasteiger charge is 2.09. The van der Waals surface area contributed by atoms with Crippen LogP contribution in [0.5, 0.6) is 0 Å². The number of aliphatic imine (C=N–C) groups is 1. The van der Waals surface area contributed by atoms with Gasteiger partial charge in [-0.05, 0) is 25.7 Å². The van der Waals surface area contributed by atoms with Crippen molar-refractivity contribution in [3.8, 4) is 0 Å². The first-order chi connectivity index (χ1) is 8.51. The summed E-state index contributed by atoms with van der Waals surface area (Å²) in [5, 5.41) is 0. The lowest BCUT2D eigenvalue weighted by Gasteiger charge is -2.10. The molecule has 1 heterocycles. The predicted molar refractivity (Wildman–Crippen MR) is 74.0 cm³/mol. The van der Waals surface area contributed by atoms with E-state index in [9.17, 15) is 9.59 Å². The molecule has 0 bridgehead atoms. The molecule has 0 radical (unpaired) electrons. The topological polar surface area (TPSA) is 67.2 Å². The van der Waals surface area contributed by atoms with E-state index < -0.39 is 0 Å². The average Bonchev–Trinajstić information content (AvgIpc) is 2.35. The average molecular weight is 251 g/mol. The van der Waals surface area contributed by atoms with Crippen LogP contribution < -0.4 is 11.2 Å². The molecule has 1 atom stereocenters. The van der Waals surface area contributed by atoms with Crippen molar-refractivity contribution in [1.29, 1.82) is 0 Å². The van der Waals surface area contributed by atoms with Gasteiger partial charge in [0.25, 0.3) is 5.56 Å². The fraction of sp³-hybridized carbons (Fsp3) is 0.615. The maximum Gasteiger partial charge on any atom is 0.329 e. The summed E-state index contributed by atoms with van der Waals surface area (Å²) >= 11 is 0. The first-order valence-corrected chi connectivity index (χ1v) is 6.39. The molecular weight excluding hydrogens is 230 g/mol. The number of aromatic amines is 1. The van der Waals surface area contributed by atoms with Gasteiger partial charge in [0.15, 0.2) is 0 Å². The fourth-order valence-electron chi connectivity index (χ4n) is 1.56. The van der Waals surface area contributed by atoms with Crippen molar-refractivity contribution in [3.63, 3.8) is 0 Å². The van der Waals surface area contributed by atoms with Crippen LogP contribution in [-0.2, 0) is 6.54 Å². The Morgan fingerprint density at radius 3 is 2.61 bits per heavy atom. The standard InChI is InChI=1S/C13H21N3O2/c1-5-7-16-11(14-8-9(3)6-2)10(4)12(17)15-13(16)18/h8-9H,5-7H2,1-4H3,(H,15,17,18)/t9-/m0/s1. The van der Waals surface area contributed by atoms with Gasteiger partial charge in [-0.3, -0.25) is 14.3 Å². The molecule has 5 heteroatoms. The van der Waals surface area contributed by atoms with Crippen LogP contribution >= 0.6 is 0 Å². The fourth-order valence-corrected chi connectivity index (χ4v) is 1.56. The van der Waals surface area contributed by atoms with Crippen molar-refractivity contribution < 1.29 is 0 Å². The molecule has 1 aromatic heterocycles. The molecule has 5 nitrogen and oxygen atoms in total. The van der Waals surface area contributed by atoms with Crippen molar-refractivity contribution in [1.82, 2.24) is 9.55 Å². The molecule has 0 saturated carbocycles. The van der Waals surface area contributed by atoms with E-state index in [0.717, 1.165) is 12.8 Å². The van der Waals surface area contributed by atoms with Gasteiger partial charge in [-0.1, -0.05) is 20.8 Å². The third-order valence-electron chi connectivity index (χ3n) is 2.94. The van der Waals surface area contributed by atoms with Crippen molar-refractivity contribution in [2.75, 3.05) is 0 Å². The minimum absolute atomic E-state index is 0.328. The van der Waals surface area contributed by atoms with Gasteiger partial charge in [0.1, 0.15) is 5.82 Å². The van der Waals surface area contributed by atoms with Gasteiger partial charge in [-0.25, -0.2) is 9.79 Å². The van der Waals surface area contributed by atoms with E-state index in [2.05, 4.69) is 16.9 Å². The Morgan fingerprint density at radius 1 is 1.39 bits per heavy atom. The largest absolute Gasteiger partial charge is 0.329 e. The first-order valence-electron chi connectivity index (χ1n) is 6.39. The Morgan fingerprint density at radius 2 is 2.06 bits per heavy atom. The van der Waals surface area contributed by atoms with Crippen LogP contribution in [0.25, 0.3) is 0 Å². The number of nitrogens with one attached hydrogen (secondary N) is 1. The molecule has 0 saturated heterocycles. The number of H-pyrrole nitrogens is 1. The summed E-state index contributed by atoms with van der Waals surface area (Å²) < 4.78 is 1.52. The van der Waals surface area contributed by atoms with Crippen LogP contribution in [0.4, 0.5) is 5.82 Å². The summed E-state index contributed by atoms with van der Waals surface area (Å²) in [5.74, 6) is 0.805. The summed E-state index contributed by atoms with van der Waals surface area (Å²) in [4.78, 5) is 30.0. The van der Waals surface area contributed by atoms with Gasteiger partial charge < -0.3 is 0 Å². The summed E-state index contributed by atoms with van der Waals surface area (Å²) in [5.41, 5.74) is -0.255. The van der Waals surface area contributed by atoms with Crippen LogP contribution in [0.2, 0.25) is 0 Å². The Balaban J connectivity index is 3.34. The zero-order valence-corrected chi connectivity index (χ0v) is 11.5. The van der Waals surface area contributed by atoms with E-state index in [1.165, 1.54) is 4.57 Å². The molecule has 18 heavy (non-hydrogen) atoms. The lowest BCUT2D eigenvalue weighted by molar-refractivity contribution is 0.632. The van der Waals surface area contributed by atoms with Crippen molar-refractivity contribution in [2.45, 2.75) is 47.1 Å². The van der Waals surface area contributed by atoms with Gasteiger partial charge in [0, 0.05) is 12.8 Å². The van der Waals surface area contributed by atoms with E-state index in [-0.39, 0.29) is 11.2 Å². The maximum atomic E-state index is 11.8. The molecule has 0 spiro atoms. The number of rotatable bonds is 5. The van der Waals surface area contributed by atoms with Crippen LogP contribution in [0.15, 0.2) is 14.6 Å². The van der Waals surface area contributed by atoms with Crippen molar-refractivity contribution >= 4 is 12.0 Å².